The molecule has 40 heavy (non-hydrogen) atoms. The van der Waals surface area contributed by atoms with E-state index in [1.165, 1.54) is 30.9 Å². The average molecular weight is 547 g/mol. The highest BCUT2D eigenvalue weighted by atomic mass is 19.1. The standard InChI is InChI=1S/C28H24F2N6O4/c1-35-10-18-16(3-2-4-23(18)34-35)15-7-21(29)19(22(30)8-15)11-36-12-20(26-17(28(36)39)9-31-14-32-26)27(38)33-24-5-6-40-13-25(24)37/h2-4,7-10,12,14,24-25,37H,5-6,11,13H2,1H3,(H,33,38)/t24-,25-/m0/s1. The van der Waals surface area contributed by atoms with Crippen molar-refractivity contribution in [1.82, 2.24) is 29.6 Å². The molecule has 4 heterocycles. The largest absolute Gasteiger partial charge is 0.389 e. The molecular formula is C28H24F2N6O4. The summed E-state index contributed by atoms with van der Waals surface area (Å²) in [5, 5.41) is 18.0. The number of nitrogens with one attached hydrogen (secondary N) is 1. The van der Waals surface area contributed by atoms with Gasteiger partial charge in [-0.2, -0.15) is 5.10 Å². The van der Waals surface area contributed by atoms with E-state index in [2.05, 4.69) is 20.4 Å². The smallest absolute Gasteiger partial charge is 0.261 e. The van der Waals surface area contributed by atoms with Gasteiger partial charge in [-0.05, 0) is 35.7 Å². The predicted molar refractivity (Wildman–Crippen MR) is 142 cm³/mol. The second kappa shape index (κ2) is 10.2. The highest BCUT2D eigenvalue weighted by molar-refractivity contribution is 6.05. The van der Waals surface area contributed by atoms with Gasteiger partial charge in [-0.1, -0.05) is 12.1 Å². The molecule has 6 rings (SSSR count). The quantitative estimate of drug-likeness (QED) is 0.347. The van der Waals surface area contributed by atoms with E-state index in [9.17, 15) is 14.7 Å². The number of pyridine rings is 1. The van der Waals surface area contributed by atoms with E-state index in [4.69, 9.17) is 4.74 Å². The van der Waals surface area contributed by atoms with Gasteiger partial charge < -0.3 is 19.7 Å². The molecule has 5 aromatic rings. The first-order valence-corrected chi connectivity index (χ1v) is 12.6. The van der Waals surface area contributed by atoms with Crippen LogP contribution < -0.4 is 10.9 Å². The number of carbonyl (C=O) groups excluding carboxylic acids is 1. The van der Waals surface area contributed by atoms with Gasteiger partial charge in [-0.3, -0.25) is 14.3 Å². The lowest BCUT2D eigenvalue weighted by atomic mass is 9.99. The summed E-state index contributed by atoms with van der Waals surface area (Å²) in [6, 6.07) is 7.20. The van der Waals surface area contributed by atoms with Gasteiger partial charge in [-0.15, -0.1) is 0 Å². The fraction of sp³-hybridized carbons (Fsp3) is 0.250. The first-order valence-electron chi connectivity index (χ1n) is 12.6. The fourth-order valence-electron chi connectivity index (χ4n) is 5.05. The Morgan fingerprint density at radius 2 is 2.00 bits per heavy atom. The van der Waals surface area contributed by atoms with Crippen molar-refractivity contribution in [1.29, 1.82) is 0 Å². The van der Waals surface area contributed by atoms with Crippen LogP contribution in [0, 0.1) is 11.6 Å². The van der Waals surface area contributed by atoms with Crippen molar-refractivity contribution in [3.8, 4) is 11.1 Å². The van der Waals surface area contributed by atoms with Crippen molar-refractivity contribution in [3.63, 3.8) is 0 Å². The lowest BCUT2D eigenvalue weighted by Crippen LogP contribution is -2.49. The Kier molecular flexibility index (Phi) is 6.56. The summed E-state index contributed by atoms with van der Waals surface area (Å²) in [4.78, 5) is 34.5. The number of fused-ring (bicyclic) bond motifs is 2. The van der Waals surface area contributed by atoms with Crippen molar-refractivity contribution >= 4 is 27.7 Å². The number of aliphatic hydroxyl groups is 1. The molecular weight excluding hydrogens is 522 g/mol. The highest BCUT2D eigenvalue weighted by Crippen LogP contribution is 2.31. The minimum absolute atomic E-state index is 0.0105. The first-order chi connectivity index (χ1) is 19.3. The Morgan fingerprint density at radius 1 is 1.20 bits per heavy atom. The van der Waals surface area contributed by atoms with E-state index in [1.54, 1.807) is 30.1 Å². The summed E-state index contributed by atoms with van der Waals surface area (Å²) in [6.07, 6.45) is 4.95. The van der Waals surface area contributed by atoms with Gasteiger partial charge in [0.05, 0.1) is 47.3 Å². The monoisotopic (exact) mass is 546 g/mol. The molecule has 1 aliphatic rings. The summed E-state index contributed by atoms with van der Waals surface area (Å²) in [5.74, 6) is -2.28. The Hall–Kier alpha value is -4.55. The third-order valence-corrected chi connectivity index (χ3v) is 7.08. The summed E-state index contributed by atoms with van der Waals surface area (Å²) in [6.45, 7) is -0.0235. The number of hydrogen-bond acceptors (Lipinski definition) is 7. The van der Waals surface area contributed by atoms with Gasteiger partial charge >= 0.3 is 0 Å². The van der Waals surface area contributed by atoms with Crippen molar-refractivity contribution in [2.75, 3.05) is 13.2 Å². The van der Waals surface area contributed by atoms with Gasteiger partial charge in [0.25, 0.3) is 11.5 Å². The third kappa shape index (κ3) is 4.61. The number of nitrogens with zero attached hydrogens (tertiary/aromatic N) is 5. The highest BCUT2D eigenvalue weighted by Gasteiger charge is 2.27. The molecule has 3 aromatic heterocycles. The molecule has 2 N–H and O–H groups in total. The van der Waals surface area contributed by atoms with Crippen LogP contribution in [-0.4, -0.2) is 60.7 Å². The summed E-state index contributed by atoms with van der Waals surface area (Å²) in [5.41, 5.74) is 0.783. The number of halogens is 2. The molecule has 0 aliphatic carbocycles. The Balaban J connectivity index is 1.38. The first kappa shape index (κ1) is 25.7. The molecule has 1 fully saturated rings. The SMILES string of the molecule is Cn1cc2c(-c3cc(F)c(Cn4cc(C(=O)N[C@H]5CCOC[C@@H]5O)c5ncncc5c4=O)c(F)c3)cccc2n1. The van der Waals surface area contributed by atoms with Gasteiger partial charge in [0.2, 0.25) is 0 Å². The zero-order valence-electron chi connectivity index (χ0n) is 21.3. The predicted octanol–water partition coefficient (Wildman–Crippen LogP) is 2.55. The minimum Gasteiger partial charge on any atom is -0.389 e. The normalized spacial score (nSPS) is 17.4. The number of aromatic nitrogens is 5. The van der Waals surface area contributed by atoms with Gasteiger partial charge in [0, 0.05) is 43.2 Å². The average Bonchev–Trinajstić information content (AvgIpc) is 3.33. The summed E-state index contributed by atoms with van der Waals surface area (Å²) in [7, 11) is 1.76. The molecule has 204 valence electrons. The number of aryl methyl sites for hydroxylation is 1. The molecule has 0 unspecified atom stereocenters. The van der Waals surface area contributed by atoms with E-state index in [0.717, 1.165) is 9.95 Å². The van der Waals surface area contributed by atoms with Crippen LogP contribution in [0.15, 0.2) is 60.0 Å². The summed E-state index contributed by atoms with van der Waals surface area (Å²) >= 11 is 0. The van der Waals surface area contributed by atoms with E-state index in [1.807, 2.05) is 6.07 Å². The maximum atomic E-state index is 15.4. The maximum Gasteiger partial charge on any atom is 0.261 e. The second-order valence-corrected chi connectivity index (χ2v) is 9.73. The number of benzene rings is 2. The lowest BCUT2D eigenvalue weighted by molar-refractivity contribution is -0.0260. The van der Waals surface area contributed by atoms with Crippen molar-refractivity contribution in [2.24, 2.45) is 7.05 Å². The van der Waals surface area contributed by atoms with E-state index in [-0.39, 0.29) is 28.6 Å². The molecule has 0 spiro atoms. The van der Waals surface area contributed by atoms with E-state index < -0.39 is 41.8 Å². The number of hydrogen-bond donors (Lipinski definition) is 2. The van der Waals surface area contributed by atoms with E-state index in [0.29, 0.717) is 29.7 Å². The second-order valence-electron chi connectivity index (χ2n) is 9.73. The topological polar surface area (TPSA) is 124 Å². The van der Waals surface area contributed by atoms with Crippen LogP contribution in [0.1, 0.15) is 22.3 Å². The van der Waals surface area contributed by atoms with Gasteiger partial charge in [-0.25, -0.2) is 18.7 Å². The van der Waals surface area contributed by atoms with Crippen LogP contribution in [0.2, 0.25) is 0 Å². The van der Waals surface area contributed by atoms with Crippen molar-refractivity contribution < 1.29 is 23.4 Å². The Morgan fingerprint density at radius 3 is 2.77 bits per heavy atom. The lowest BCUT2D eigenvalue weighted by Gasteiger charge is -2.28. The minimum atomic E-state index is -0.899. The zero-order valence-corrected chi connectivity index (χ0v) is 21.3. The molecule has 2 aromatic carbocycles. The maximum absolute atomic E-state index is 15.4. The Bertz CT molecular complexity index is 1810. The number of aliphatic hydroxyl groups excluding tert-OH is 1. The fourth-order valence-corrected chi connectivity index (χ4v) is 5.05. The van der Waals surface area contributed by atoms with Crippen LogP contribution >= 0.6 is 0 Å². The molecule has 1 amide bonds. The number of carbonyl (C=O) groups is 1. The van der Waals surface area contributed by atoms with Crippen molar-refractivity contribution in [2.45, 2.75) is 25.1 Å². The van der Waals surface area contributed by atoms with Crippen LogP contribution in [0.4, 0.5) is 8.78 Å². The van der Waals surface area contributed by atoms with Crippen LogP contribution in [0.3, 0.4) is 0 Å². The Labute approximate surface area is 225 Å². The van der Waals surface area contributed by atoms with Crippen LogP contribution in [-0.2, 0) is 18.3 Å². The molecule has 2 atom stereocenters. The molecule has 10 nitrogen and oxygen atoms in total. The number of rotatable bonds is 5. The van der Waals surface area contributed by atoms with Crippen molar-refractivity contribution in [3.05, 3.63) is 88.4 Å². The van der Waals surface area contributed by atoms with Gasteiger partial charge in [0.15, 0.2) is 0 Å². The molecule has 12 heteroatoms. The summed E-state index contributed by atoms with van der Waals surface area (Å²) < 4.78 is 38.7. The molecule has 1 saturated heterocycles. The number of amides is 1. The molecule has 1 aliphatic heterocycles. The van der Waals surface area contributed by atoms with Gasteiger partial charge in [0.1, 0.15) is 18.0 Å². The molecule has 0 saturated carbocycles. The third-order valence-electron chi connectivity index (χ3n) is 7.08. The van der Waals surface area contributed by atoms with E-state index >= 15 is 8.78 Å². The molecule has 0 bridgehead atoms. The van der Waals surface area contributed by atoms with Crippen LogP contribution in [0.5, 0.6) is 0 Å². The zero-order chi connectivity index (χ0) is 28.0. The van der Waals surface area contributed by atoms with Crippen LogP contribution in [0.25, 0.3) is 32.9 Å². The molecule has 0 radical (unpaired) electrons. The number of ether oxygens (including phenoxy) is 1.